The number of nitrogens with zero attached hydrogens (tertiary/aromatic N) is 2. The molecule has 8 nitrogen and oxygen atoms in total. The van der Waals surface area contributed by atoms with Gasteiger partial charge in [-0.1, -0.05) is 18.2 Å². The van der Waals surface area contributed by atoms with Gasteiger partial charge in [0.25, 0.3) is 11.7 Å². The molecule has 9 heteroatoms. The maximum Gasteiger partial charge on any atom is 0.327 e. The zero-order valence-electron chi connectivity index (χ0n) is 15.7. The monoisotopic (exact) mass is 413 g/mol. The number of benzene rings is 1. The van der Waals surface area contributed by atoms with Gasteiger partial charge in [0, 0.05) is 16.6 Å². The number of thioether (sulfide) groups is 1. The van der Waals surface area contributed by atoms with Gasteiger partial charge in [0.2, 0.25) is 5.91 Å². The van der Waals surface area contributed by atoms with E-state index in [9.17, 15) is 24.3 Å². The largest absolute Gasteiger partial charge is 0.480 e. The molecule has 2 fully saturated rings. The van der Waals surface area contributed by atoms with Crippen LogP contribution >= 0.6 is 11.8 Å². The molecular formula is C20H19N3O5S. The Balaban J connectivity index is 1.51. The molecule has 29 heavy (non-hydrogen) atoms. The number of amides is 2. The highest BCUT2D eigenvalue weighted by Gasteiger charge is 2.64. The Kier molecular flexibility index (Phi) is 4.49. The lowest BCUT2D eigenvalue weighted by Gasteiger charge is -2.43. The summed E-state index contributed by atoms with van der Waals surface area (Å²) < 4.78 is 0.905. The number of aromatic nitrogens is 1. The molecule has 2 unspecified atom stereocenters. The molecule has 2 saturated heterocycles. The number of Topliss-reactive ketones (excluding diaryl/α,β-unsaturated/α-hetero) is 1. The topological polar surface area (TPSA) is 109 Å². The second-order valence-electron chi connectivity index (χ2n) is 7.48. The van der Waals surface area contributed by atoms with E-state index >= 15 is 0 Å². The Hall–Kier alpha value is -3.07. The van der Waals surface area contributed by atoms with Gasteiger partial charge in [-0.2, -0.15) is 0 Å². The van der Waals surface area contributed by atoms with E-state index in [0.29, 0.717) is 0 Å². The number of hydrogen-bond donors (Lipinski definition) is 2. The first kappa shape index (κ1) is 19.3. The van der Waals surface area contributed by atoms with E-state index in [2.05, 4.69) is 5.32 Å². The lowest BCUT2D eigenvalue weighted by atomic mass is 9.96. The number of β-lactam (4-membered cyclic amide) rings is 1. The van der Waals surface area contributed by atoms with Crippen molar-refractivity contribution in [2.45, 2.75) is 36.1 Å². The number of nitrogens with one attached hydrogen (secondary N) is 1. The Bertz CT molecular complexity index is 1020. The Morgan fingerprint density at radius 1 is 1.10 bits per heavy atom. The SMILES string of the molecule is CC1(C)SC2C(NC(=O)C(=O)c3cccn3-c3ccccc3)C(=O)N2[C@H]1C(=O)O. The number of ketones is 1. The molecule has 4 rings (SSSR count). The van der Waals surface area contributed by atoms with Gasteiger partial charge in [-0.05, 0) is 38.1 Å². The van der Waals surface area contributed by atoms with Crippen LogP contribution in [0.15, 0.2) is 48.7 Å². The quantitative estimate of drug-likeness (QED) is 0.434. The highest BCUT2D eigenvalue weighted by molar-refractivity contribution is 8.01. The van der Waals surface area contributed by atoms with Crippen LogP contribution in [0.4, 0.5) is 0 Å². The molecule has 2 aliphatic rings. The number of fused-ring (bicyclic) bond motifs is 1. The van der Waals surface area contributed by atoms with E-state index in [0.717, 1.165) is 5.69 Å². The van der Waals surface area contributed by atoms with Crippen molar-refractivity contribution >= 4 is 35.3 Å². The van der Waals surface area contributed by atoms with Crippen LogP contribution in [-0.4, -0.2) is 60.3 Å². The lowest BCUT2D eigenvalue weighted by Crippen LogP contribution is -2.71. The van der Waals surface area contributed by atoms with E-state index in [4.69, 9.17) is 0 Å². The number of aliphatic carboxylic acids is 1. The third kappa shape index (κ3) is 3.02. The predicted octanol–water partition coefficient (Wildman–Crippen LogP) is 1.29. The summed E-state index contributed by atoms with van der Waals surface area (Å²) in [5, 5.41) is 11.4. The normalized spacial score (nSPS) is 24.6. The van der Waals surface area contributed by atoms with Crippen LogP contribution in [0.5, 0.6) is 0 Å². The van der Waals surface area contributed by atoms with Crippen molar-refractivity contribution in [3.05, 3.63) is 54.4 Å². The molecule has 1 aromatic heterocycles. The lowest BCUT2D eigenvalue weighted by molar-refractivity contribution is -0.160. The minimum atomic E-state index is -1.08. The molecule has 0 saturated carbocycles. The number of para-hydroxylation sites is 1. The Morgan fingerprint density at radius 3 is 2.45 bits per heavy atom. The third-order valence-corrected chi connectivity index (χ3v) is 6.76. The van der Waals surface area contributed by atoms with E-state index < -0.39 is 45.8 Å². The van der Waals surface area contributed by atoms with Crippen molar-refractivity contribution in [3.63, 3.8) is 0 Å². The number of hydrogen-bond acceptors (Lipinski definition) is 5. The van der Waals surface area contributed by atoms with Crippen molar-refractivity contribution in [3.8, 4) is 5.69 Å². The van der Waals surface area contributed by atoms with E-state index in [-0.39, 0.29) is 5.69 Å². The summed E-state index contributed by atoms with van der Waals surface area (Å²) in [5.74, 6) is -3.22. The average molecular weight is 413 g/mol. The first-order valence-electron chi connectivity index (χ1n) is 9.03. The van der Waals surface area contributed by atoms with Crippen LogP contribution in [0.1, 0.15) is 24.3 Å². The fourth-order valence-electron chi connectivity index (χ4n) is 3.85. The molecule has 0 spiro atoms. The van der Waals surface area contributed by atoms with Crippen molar-refractivity contribution < 1.29 is 24.3 Å². The molecule has 2 amide bonds. The summed E-state index contributed by atoms with van der Waals surface area (Å²) in [6, 6.07) is 10.4. The second kappa shape index (κ2) is 6.77. The molecule has 2 N–H and O–H groups in total. The van der Waals surface area contributed by atoms with Crippen molar-refractivity contribution in [2.75, 3.05) is 0 Å². The van der Waals surface area contributed by atoms with Gasteiger partial charge in [0.05, 0.1) is 5.69 Å². The standard InChI is InChI=1S/C20H19N3O5S/c1-20(2)15(19(27)28)23-17(26)13(18(23)29-20)21-16(25)14(24)12-9-6-10-22(12)11-7-4-3-5-8-11/h3-10,13,15,18H,1-2H3,(H,21,25)(H,27,28)/t13?,15-,18?/m0/s1. The average Bonchev–Trinajstić information content (AvgIpc) is 3.26. The highest BCUT2D eigenvalue weighted by atomic mass is 32.2. The van der Waals surface area contributed by atoms with Crippen molar-refractivity contribution in [1.82, 2.24) is 14.8 Å². The highest BCUT2D eigenvalue weighted by Crippen LogP contribution is 2.50. The maximum absolute atomic E-state index is 12.7. The van der Waals surface area contributed by atoms with Crippen LogP contribution in [-0.2, 0) is 14.4 Å². The van der Waals surface area contributed by atoms with E-state index in [1.165, 1.54) is 22.7 Å². The van der Waals surface area contributed by atoms with E-state index in [1.807, 2.05) is 30.3 Å². The summed E-state index contributed by atoms with van der Waals surface area (Å²) in [5.41, 5.74) is 0.914. The van der Waals surface area contributed by atoms with Crippen LogP contribution in [0, 0.1) is 0 Å². The molecular weight excluding hydrogens is 394 g/mol. The summed E-state index contributed by atoms with van der Waals surface area (Å²) in [4.78, 5) is 50.6. The minimum absolute atomic E-state index is 0.181. The Morgan fingerprint density at radius 2 is 1.79 bits per heavy atom. The van der Waals surface area contributed by atoms with Crippen LogP contribution in [0.25, 0.3) is 5.69 Å². The van der Waals surface area contributed by atoms with Gasteiger partial charge in [0.1, 0.15) is 17.5 Å². The first-order valence-corrected chi connectivity index (χ1v) is 9.91. The summed E-state index contributed by atoms with van der Waals surface area (Å²) >= 11 is 1.31. The van der Waals surface area contributed by atoms with Gasteiger partial charge >= 0.3 is 5.97 Å². The number of rotatable bonds is 5. The van der Waals surface area contributed by atoms with Crippen molar-refractivity contribution in [1.29, 1.82) is 0 Å². The van der Waals surface area contributed by atoms with Gasteiger partial charge in [0.15, 0.2) is 0 Å². The molecule has 0 aliphatic carbocycles. The number of carboxylic acids is 1. The van der Waals surface area contributed by atoms with Gasteiger partial charge < -0.3 is 19.9 Å². The van der Waals surface area contributed by atoms with Gasteiger partial charge in [-0.25, -0.2) is 4.79 Å². The second-order valence-corrected chi connectivity index (χ2v) is 9.25. The molecule has 0 bridgehead atoms. The molecule has 3 heterocycles. The number of carboxylic acid groups (broad SMARTS) is 1. The van der Waals surface area contributed by atoms with Crippen LogP contribution in [0.3, 0.4) is 0 Å². The van der Waals surface area contributed by atoms with Crippen LogP contribution < -0.4 is 5.32 Å². The molecule has 1 aromatic carbocycles. The minimum Gasteiger partial charge on any atom is -0.480 e. The Labute approximate surface area is 170 Å². The first-order chi connectivity index (χ1) is 13.7. The predicted molar refractivity (Wildman–Crippen MR) is 106 cm³/mol. The van der Waals surface area contributed by atoms with Gasteiger partial charge in [-0.15, -0.1) is 11.8 Å². The number of carbonyl (C=O) groups excluding carboxylic acids is 3. The molecule has 2 aliphatic heterocycles. The van der Waals surface area contributed by atoms with Crippen molar-refractivity contribution in [2.24, 2.45) is 0 Å². The number of carbonyl (C=O) groups is 4. The zero-order valence-corrected chi connectivity index (χ0v) is 16.6. The zero-order chi connectivity index (χ0) is 20.9. The summed E-state index contributed by atoms with van der Waals surface area (Å²) in [6.45, 7) is 3.50. The fraction of sp³-hybridized carbons (Fsp3) is 0.300. The molecule has 3 atom stereocenters. The van der Waals surface area contributed by atoms with E-state index in [1.54, 1.807) is 30.7 Å². The van der Waals surface area contributed by atoms with Gasteiger partial charge in [-0.3, -0.25) is 14.4 Å². The summed E-state index contributed by atoms with van der Waals surface area (Å²) in [7, 11) is 0. The fourth-order valence-corrected chi connectivity index (χ4v) is 5.47. The smallest absolute Gasteiger partial charge is 0.327 e. The molecule has 2 aromatic rings. The third-order valence-electron chi connectivity index (χ3n) is 5.18. The molecule has 0 radical (unpaired) electrons. The van der Waals surface area contributed by atoms with Crippen LogP contribution in [0.2, 0.25) is 0 Å². The molecule has 150 valence electrons. The maximum atomic E-state index is 12.7. The summed E-state index contributed by atoms with van der Waals surface area (Å²) in [6.07, 6.45) is 1.68.